The molecule has 7 heteroatoms. The van der Waals surface area contributed by atoms with Crippen molar-refractivity contribution in [2.75, 3.05) is 17.7 Å². The highest BCUT2D eigenvalue weighted by Gasteiger charge is 2.10. The fraction of sp³-hybridized carbons (Fsp3) is 0.250. The van der Waals surface area contributed by atoms with E-state index < -0.39 is 0 Å². The molecule has 0 saturated heterocycles. The van der Waals surface area contributed by atoms with Crippen molar-refractivity contribution in [1.29, 1.82) is 0 Å². The van der Waals surface area contributed by atoms with E-state index in [2.05, 4.69) is 15.3 Å². The Morgan fingerprint density at radius 1 is 1.58 bits per heavy atom. The van der Waals surface area contributed by atoms with Crippen molar-refractivity contribution in [3.63, 3.8) is 0 Å². The summed E-state index contributed by atoms with van der Waals surface area (Å²) in [5.74, 6) is 0.232. The minimum absolute atomic E-state index is 0.175. The highest BCUT2D eigenvalue weighted by molar-refractivity contribution is 7.13. The zero-order chi connectivity index (χ0) is 13.7. The van der Waals surface area contributed by atoms with Crippen molar-refractivity contribution in [3.05, 3.63) is 29.4 Å². The number of rotatable bonds is 5. The van der Waals surface area contributed by atoms with Crippen molar-refractivity contribution in [1.82, 2.24) is 9.97 Å². The molecule has 0 aliphatic carbocycles. The van der Waals surface area contributed by atoms with Crippen LogP contribution in [0.1, 0.15) is 12.6 Å². The van der Waals surface area contributed by atoms with Gasteiger partial charge in [-0.2, -0.15) is 0 Å². The summed E-state index contributed by atoms with van der Waals surface area (Å²) in [5.41, 5.74) is 6.72. The first-order valence-corrected chi connectivity index (χ1v) is 6.64. The molecule has 0 saturated carbocycles. The van der Waals surface area contributed by atoms with Crippen molar-refractivity contribution >= 4 is 28.1 Å². The molecule has 0 radical (unpaired) electrons. The van der Waals surface area contributed by atoms with Crippen molar-refractivity contribution in [2.24, 2.45) is 0 Å². The molecule has 6 nitrogen and oxygen atoms in total. The number of nitrogen functional groups attached to an aromatic ring is 1. The van der Waals surface area contributed by atoms with Crippen LogP contribution in [0.25, 0.3) is 0 Å². The predicted octanol–water partition coefficient (Wildman–Crippen LogP) is 1.70. The highest BCUT2D eigenvalue weighted by atomic mass is 32.1. The molecule has 100 valence electrons. The van der Waals surface area contributed by atoms with Gasteiger partial charge in [0, 0.05) is 11.6 Å². The summed E-state index contributed by atoms with van der Waals surface area (Å²) in [7, 11) is 0. The molecule has 0 aromatic carbocycles. The lowest BCUT2D eigenvalue weighted by Crippen LogP contribution is -2.15. The Balaban J connectivity index is 2.02. The number of anilines is 2. The molecule has 0 bridgehead atoms. The largest absolute Gasteiger partial charge is 0.476 e. The molecular formula is C12H14N4O2S. The molecule has 3 N–H and O–H groups in total. The van der Waals surface area contributed by atoms with Gasteiger partial charge in [0.15, 0.2) is 5.13 Å². The lowest BCUT2D eigenvalue weighted by Gasteiger charge is -2.09. The second kappa shape index (κ2) is 6.14. The molecule has 0 aliphatic heterocycles. The van der Waals surface area contributed by atoms with E-state index in [0.29, 0.717) is 29.0 Å². The lowest BCUT2D eigenvalue weighted by atomic mass is 10.3. The zero-order valence-corrected chi connectivity index (χ0v) is 11.2. The van der Waals surface area contributed by atoms with Crippen LogP contribution in [-0.2, 0) is 11.2 Å². The minimum Gasteiger partial charge on any atom is -0.476 e. The maximum Gasteiger partial charge on any atom is 0.237 e. The van der Waals surface area contributed by atoms with Crippen LogP contribution in [0, 0.1) is 0 Å². The maximum absolute atomic E-state index is 11.9. The Morgan fingerprint density at radius 2 is 2.42 bits per heavy atom. The zero-order valence-electron chi connectivity index (χ0n) is 10.4. The maximum atomic E-state index is 11.9. The van der Waals surface area contributed by atoms with Crippen LogP contribution in [0.3, 0.4) is 0 Å². The first-order valence-electron chi connectivity index (χ1n) is 5.76. The van der Waals surface area contributed by atoms with E-state index in [1.807, 2.05) is 6.92 Å². The van der Waals surface area contributed by atoms with Gasteiger partial charge in [0.05, 0.1) is 18.7 Å². The monoisotopic (exact) mass is 278 g/mol. The number of hydrogen-bond donors (Lipinski definition) is 2. The summed E-state index contributed by atoms with van der Waals surface area (Å²) >= 11 is 1.31. The molecule has 0 aliphatic rings. The van der Waals surface area contributed by atoms with Gasteiger partial charge in [-0.15, -0.1) is 11.3 Å². The number of carbonyl (C=O) groups excluding carboxylic acids is 1. The number of nitrogens with zero attached hydrogens (tertiary/aromatic N) is 2. The third-order valence-electron chi connectivity index (χ3n) is 2.24. The summed E-state index contributed by atoms with van der Waals surface area (Å²) in [6.07, 6.45) is 1.79. The smallest absolute Gasteiger partial charge is 0.237 e. The molecule has 19 heavy (non-hydrogen) atoms. The molecule has 0 unspecified atom stereocenters. The number of hydrogen-bond acceptors (Lipinski definition) is 6. The van der Waals surface area contributed by atoms with Crippen molar-refractivity contribution < 1.29 is 9.53 Å². The Labute approximate surface area is 114 Å². The van der Waals surface area contributed by atoms with Crippen LogP contribution in [0.5, 0.6) is 5.88 Å². The van der Waals surface area contributed by atoms with Gasteiger partial charge in [0.2, 0.25) is 11.8 Å². The summed E-state index contributed by atoms with van der Waals surface area (Å²) in [4.78, 5) is 20.0. The van der Waals surface area contributed by atoms with E-state index in [4.69, 9.17) is 10.5 Å². The minimum atomic E-state index is -0.181. The molecule has 2 rings (SSSR count). The number of aromatic nitrogens is 2. The fourth-order valence-electron chi connectivity index (χ4n) is 1.50. The van der Waals surface area contributed by atoms with E-state index in [-0.39, 0.29) is 12.3 Å². The first-order chi connectivity index (χ1) is 9.19. The van der Waals surface area contributed by atoms with Gasteiger partial charge in [-0.3, -0.25) is 4.79 Å². The fourth-order valence-corrected chi connectivity index (χ4v) is 2.06. The number of ether oxygens (including phenoxy) is 1. The van der Waals surface area contributed by atoms with Crippen LogP contribution in [0.2, 0.25) is 0 Å². The molecule has 1 amide bonds. The lowest BCUT2D eigenvalue weighted by molar-refractivity contribution is -0.115. The quantitative estimate of drug-likeness (QED) is 0.868. The van der Waals surface area contributed by atoms with Gasteiger partial charge in [-0.25, -0.2) is 9.97 Å². The van der Waals surface area contributed by atoms with Gasteiger partial charge in [-0.1, -0.05) is 0 Å². The molecule has 2 heterocycles. The normalized spacial score (nSPS) is 10.2. The van der Waals surface area contributed by atoms with Gasteiger partial charge in [0.25, 0.3) is 0 Å². The first kappa shape index (κ1) is 13.3. The van der Waals surface area contributed by atoms with E-state index in [9.17, 15) is 4.79 Å². The summed E-state index contributed by atoms with van der Waals surface area (Å²) in [6.45, 7) is 2.35. The molecule has 0 fully saturated rings. The Morgan fingerprint density at radius 3 is 3.11 bits per heavy atom. The average Bonchev–Trinajstić information content (AvgIpc) is 2.77. The third kappa shape index (κ3) is 3.65. The van der Waals surface area contributed by atoms with Gasteiger partial charge >= 0.3 is 0 Å². The van der Waals surface area contributed by atoms with Gasteiger partial charge in [-0.05, 0) is 19.1 Å². The third-order valence-corrected chi connectivity index (χ3v) is 2.96. The van der Waals surface area contributed by atoms with Crippen LogP contribution < -0.4 is 15.8 Å². The van der Waals surface area contributed by atoms with Gasteiger partial charge < -0.3 is 15.8 Å². The number of pyridine rings is 1. The Kier molecular flexibility index (Phi) is 4.30. The molecular weight excluding hydrogens is 264 g/mol. The van der Waals surface area contributed by atoms with Crippen LogP contribution >= 0.6 is 11.3 Å². The molecule has 2 aromatic rings. The van der Waals surface area contributed by atoms with Gasteiger partial charge in [0.1, 0.15) is 5.69 Å². The van der Waals surface area contributed by atoms with Crippen LogP contribution in [-0.4, -0.2) is 22.5 Å². The van der Waals surface area contributed by atoms with E-state index >= 15 is 0 Å². The summed E-state index contributed by atoms with van der Waals surface area (Å²) in [6, 6.07) is 3.48. The highest BCUT2D eigenvalue weighted by Crippen LogP contribution is 2.21. The van der Waals surface area contributed by atoms with E-state index in [0.717, 1.165) is 0 Å². The number of carbonyl (C=O) groups is 1. The van der Waals surface area contributed by atoms with Crippen molar-refractivity contribution in [2.45, 2.75) is 13.3 Å². The molecule has 0 spiro atoms. The molecule has 2 aromatic heterocycles. The molecule has 0 atom stereocenters. The predicted molar refractivity (Wildman–Crippen MR) is 74.3 cm³/mol. The number of nitrogens with two attached hydrogens (primary N) is 1. The standard InChI is InChI=1S/C12H14N4O2S/c1-2-18-11-9(4-3-5-14-11)16-10(17)6-8-7-19-12(13)15-8/h3-5,7H,2,6H2,1H3,(H2,13,15)(H,16,17). The van der Waals surface area contributed by atoms with Crippen LogP contribution in [0.15, 0.2) is 23.7 Å². The van der Waals surface area contributed by atoms with Crippen molar-refractivity contribution in [3.8, 4) is 5.88 Å². The van der Waals surface area contributed by atoms with Crippen LogP contribution in [0.4, 0.5) is 10.8 Å². The Hall–Kier alpha value is -2.15. The second-order valence-electron chi connectivity index (χ2n) is 3.69. The SMILES string of the molecule is CCOc1ncccc1NC(=O)Cc1csc(N)n1. The summed E-state index contributed by atoms with van der Waals surface area (Å²) < 4.78 is 5.33. The Bertz CT molecular complexity index is 570. The second-order valence-corrected chi connectivity index (χ2v) is 4.58. The van der Waals surface area contributed by atoms with E-state index in [1.54, 1.807) is 23.7 Å². The summed E-state index contributed by atoms with van der Waals surface area (Å²) in [5, 5.41) is 4.97. The average molecular weight is 278 g/mol. The topological polar surface area (TPSA) is 90.1 Å². The number of amides is 1. The number of thiazole rings is 1. The number of nitrogens with one attached hydrogen (secondary N) is 1. The van der Waals surface area contributed by atoms with E-state index in [1.165, 1.54) is 11.3 Å².